The van der Waals surface area contributed by atoms with E-state index in [1.165, 1.54) is 10.8 Å². The second kappa shape index (κ2) is 7.38. The molecule has 0 atom stereocenters. The largest absolute Gasteiger partial charge is 0.368 e. The third-order valence-electron chi connectivity index (χ3n) is 4.09. The first kappa shape index (κ1) is 15.0. The number of amides is 1. The second-order valence-corrected chi connectivity index (χ2v) is 5.68. The average molecular weight is 298 g/mol. The van der Waals surface area contributed by atoms with Gasteiger partial charge in [0.15, 0.2) is 0 Å². The highest BCUT2D eigenvalue weighted by Crippen LogP contribution is 2.18. The summed E-state index contributed by atoms with van der Waals surface area (Å²) in [5.74, 6) is -0.0496. The molecule has 0 aliphatic carbocycles. The molecule has 4 heteroatoms. The van der Waals surface area contributed by atoms with Gasteiger partial charge in [-0.1, -0.05) is 42.5 Å². The molecule has 2 N–H and O–H groups in total. The first-order valence-corrected chi connectivity index (χ1v) is 7.88. The fourth-order valence-electron chi connectivity index (χ4n) is 2.85. The second-order valence-electron chi connectivity index (χ2n) is 5.68. The van der Waals surface area contributed by atoms with Crippen LogP contribution in [-0.4, -0.2) is 31.7 Å². The smallest absolute Gasteiger partial charge is 0.246 e. The molecule has 0 aromatic heterocycles. The van der Waals surface area contributed by atoms with Crippen molar-refractivity contribution in [2.75, 3.05) is 19.7 Å². The topological polar surface area (TPSA) is 50.4 Å². The summed E-state index contributed by atoms with van der Waals surface area (Å²) in [5, 5.41) is 8.62. The molecular formula is C18H22N2O2. The normalized spacial score (nSPS) is 15.8. The van der Waals surface area contributed by atoms with Crippen LogP contribution in [0.4, 0.5) is 0 Å². The molecule has 1 heterocycles. The van der Waals surface area contributed by atoms with Gasteiger partial charge < -0.3 is 15.4 Å². The average Bonchev–Trinajstić information content (AvgIpc) is 2.59. The predicted molar refractivity (Wildman–Crippen MR) is 87.6 cm³/mol. The Morgan fingerprint density at radius 2 is 1.91 bits per heavy atom. The van der Waals surface area contributed by atoms with Gasteiger partial charge in [-0.15, -0.1) is 0 Å². The van der Waals surface area contributed by atoms with Crippen molar-refractivity contribution in [2.24, 2.45) is 0 Å². The summed E-state index contributed by atoms with van der Waals surface area (Å²) in [6.45, 7) is 2.63. The molecular weight excluding hydrogens is 276 g/mol. The fraction of sp³-hybridized carbons (Fsp3) is 0.389. The molecule has 0 bridgehead atoms. The van der Waals surface area contributed by atoms with Gasteiger partial charge in [-0.25, -0.2) is 0 Å². The van der Waals surface area contributed by atoms with Crippen molar-refractivity contribution in [1.29, 1.82) is 0 Å². The van der Waals surface area contributed by atoms with E-state index < -0.39 is 0 Å². The van der Waals surface area contributed by atoms with Gasteiger partial charge in [-0.3, -0.25) is 4.79 Å². The van der Waals surface area contributed by atoms with Gasteiger partial charge in [-0.05, 0) is 42.3 Å². The standard InChI is InChI=1S/C18H22N2O2/c21-18(13-22-16-8-10-19-11-9-16)20-12-15-6-3-5-14-4-1-2-7-17(14)15/h1-7,16,19H,8-13H2,(H,20,21). The van der Waals surface area contributed by atoms with Crippen molar-refractivity contribution in [2.45, 2.75) is 25.5 Å². The van der Waals surface area contributed by atoms with E-state index in [1.54, 1.807) is 0 Å². The molecule has 3 rings (SSSR count). The zero-order valence-electron chi connectivity index (χ0n) is 12.7. The molecule has 1 saturated heterocycles. The summed E-state index contributed by atoms with van der Waals surface area (Å²) in [4.78, 5) is 11.9. The molecule has 1 fully saturated rings. The van der Waals surface area contributed by atoms with Crippen LogP contribution >= 0.6 is 0 Å². The van der Waals surface area contributed by atoms with Gasteiger partial charge in [0.25, 0.3) is 0 Å². The van der Waals surface area contributed by atoms with E-state index >= 15 is 0 Å². The van der Waals surface area contributed by atoms with Crippen LogP contribution in [0.2, 0.25) is 0 Å². The lowest BCUT2D eigenvalue weighted by atomic mass is 10.0. The summed E-state index contributed by atoms with van der Waals surface area (Å²) < 4.78 is 5.67. The number of fused-ring (bicyclic) bond motifs is 1. The maximum atomic E-state index is 11.9. The number of hydrogen-bond acceptors (Lipinski definition) is 3. The summed E-state index contributed by atoms with van der Waals surface area (Å²) in [7, 11) is 0. The molecule has 1 aliphatic rings. The Kier molecular flexibility index (Phi) is 5.03. The van der Waals surface area contributed by atoms with Crippen molar-refractivity contribution >= 4 is 16.7 Å². The molecule has 2 aromatic carbocycles. The number of benzene rings is 2. The zero-order valence-corrected chi connectivity index (χ0v) is 12.7. The lowest BCUT2D eigenvalue weighted by Crippen LogP contribution is -2.35. The van der Waals surface area contributed by atoms with Crippen molar-refractivity contribution in [3.05, 3.63) is 48.0 Å². The lowest BCUT2D eigenvalue weighted by Gasteiger charge is -2.22. The van der Waals surface area contributed by atoms with Crippen LogP contribution in [0.3, 0.4) is 0 Å². The Labute approximate surface area is 130 Å². The molecule has 0 spiro atoms. The minimum absolute atomic E-state index is 0.0496. The first-order valence-electron chi connectivity index (χ1n) is 7.88. The van der Waals surface area contributed by atoms with E-state index in [-0.39, 0.29) is 18.6 Å². The Hall–Kier alpha value is -1.91. The molecule has 1 aliphatic heterocycles. The van der Waals surface area contributed by atoms with Gasteiger partial charge in [0.1, 0.15) is 6.61 Å². The van der Waals surface area contributed by atoms with E-state index in [0.717, 1.165) is 31.5 Å². The highest BCUT2D eigenvalue weighted by molar-refractivity contribution is 5.86. The summed E-state index contributed by atoms with van der Waals surface area (Å²) in [6.07, 6.45) is 2.18. The number of ether oxygens (including phenoxy) is 1. The van der Waals surface area contributed by atoms with Gasteiger partial charge in [0.05, 0.1) is 6.10 Å². The van der Waals surface area contributed by atoms with Crippen molar-refractivity contribution in [3.8, 4) is 0 Å². The Balaban J connectivity index is 1.51. The zero-order chi connectivity index (χ0) is 15.2. The minimum atomic E-state index is -0.0496. The highest BCUT2D eigenvalue weighted by atomic mass is 16.5. The van der Waals surface area contributed by atoms with Crippen LogP contribution in [0.5, 0.6) is 0 Å². The van der Waals surface area contributed by atoms with Crippen LogP contribution in [0.15, 0.2) is 42.5 Å². The van der Waals surface area contributed by atoms with Crippen LogP contribution < -0.4 is 10.6 Å². The molecule has 1 amide bonds. The monoisotopic (exact) mass is 298 g/mol. The molecule has 2 aromatic rings. The molecule has 116 valence electrons. The van der Waals surface area contributed by atoms with Crippen LogP contribution in [0.1, 0.15) is 18.4 Å². The number of carbonyl (C=O) groups excluding carboxylic acids is 1. The molecule has 0 saturated carbocycles. The maximum Gasteiger partial charge on any atom is 0.246 e. The van der Waals surface area contributed by atoms with Crippen molar-refractivity contribution < 1.29 is 9.53 Å². The van der Waals surface area contributed by atoms with Crippen LogP contribution in [-0.2, 0) is 16.1 Å². The number of carbonyl (C=O) groups is 1. The van der Waals surface area contributed by atoms with Crippen molar-refractivity contribution in [3.63, 3.8) is 0 Å². The van der Waals surface area contributed by atoms with Crippen molar-refractivity contribution in [1.82, 2.24) is 10.6 Å². The third kappa shape index (κ3) is 3.84. The van der Waals surface area contributed by atoms with E-state index in [4.69, 9.17) is 4.74 Å². The summed E-state index contributed by atoms with van der Waals surface area (Å²) in [5.41, 5.74) is 1.13. The lowest BCUT2D eigenvalue weighted by molar-refractivity contribution is -0.128. The van der Waals surface area contributed by atoms with Gasteiger partial charge in [0, 0.05) is 6.54 Å². The van der Waals surface area contributed by atoms with E-state index in [1.807, 2.05) is 18.2 Å². The predicted octanol–water partition coefficient (Wildman–Crippen LogP) is 2.22. The SMILES string of the molecule is O=C(COC1CCNCC1)NCc1cccc2ccccc12. The highest BCUT2D eigenvalue weighted by Gasteiger charge is 2.14. The van der Waals surface area contributed by atoms with E-state index in [0.29, 0.717) is 6.54 Å². The quantitative estimate of drug-likeness (QED) is 0.890. The molecule has 4 nitrogen and oxygen atoms in total. The third-order valence-corrected chi connectivity index (χ3v) is 4.09. The maximum absolute atomic E-state index is 11.9. The number of piperidine rings is 1. The summed E-state index contributed by atoms with van der Waals surface area (Å²) >= 11 is 0. The number of hydrogen-bond donors (Lipinski definition) is 2. The molecule has 0 unspecified atom stereocenters. The van der Waals surface area contributed by atoms with E-state index in [2.05, 4.69) is 34.9 Å². The minimum Gasteiger partial charge on any atom is -0.368 e. The Morgan fingerprint density at radius 3 is 2.77 bits per heavy atom. The first-order chi connectivity index (χ1) is 10.8. The van der Waals surface area contributed by atoms with Crippen LogP contribution in [0.25, 0.3) is 10.8 Å². The van der Waals surface area contributed by atoms with Gasteiger partial charge in [-0.2, -0.15) is 0 Å². The Morgan fingerprint density at radius 1 is 1.14 bits per heavy atom. The fourth-order valence-corrected chi connectivity index (χ4v) is 2.85. The molecule has 0 radical (unpaired) electrons. The van der Waals surface area contributed by atoms with Gasteiger partial charge in [0.2, 0.25) is 5.91 Å². The van der Waals surface area contributed by atoms with E-state index in [9.17, 15) is 4.79 Å². The van der Waals surface area contributed by atoms with Crippen LogP contribution in [0, 0.1) is 0 Å². The van der Waals surface area contributed by atoms with Gasteiger partial charge >= 0.3 is 0 Å². The summed E-state index contributed by atoms with van der Waals surface area (Å²) in [6, 6.07) is 14.4. The number of rotatable bonds is 5. The molecule has 22 heavy (non-hydrogen) atoms. The Bertz CT molecular complexity index is 631. The number of nitrogens with one attached hydrogen (secondary N) is 2.